The van der Waals surface area contributed by atoms with Crippen LogP contribution in [0.15, 0.2) is 11.6 Å². The average molecular weight is 505 g/mol. The van der Waals surface area contributed by atoms with E-state index in [1.165, 1.54) is 5.57 Å². The fourth-order valence-electron chi connectivity index (χ4n) is 10.7. The molecule has 0 spiro atoms. The molecule has 0 aromatic carbocycles. The first-order chi connectivity index (χ1) is 16.7. The maximum absolute atomic E-state index is 12.8. The Morgan fingerprint density at radius 3 is 2.19 bits per heavy atom. The van der Waals surface area contributed by atoms with Crippen LogP contribution in [0.5, 0.6) is 0 Å². The number of fused-ring (bicyclic) bond motifs is 7. The summed E-state index contributed by atoms with van der Waals surface area (Å²) in [4.78, 5) is 12.8. The summed E-state index contributed by atoms with van der Waals surface area (Å²) in [6.07, 6.45) is 7.16. The number of aliphatic hydroxyl groups excluding tert-OH is 4. The normalized spacial score (nSPS) is 53.8. The summed E-state index contributed by atoms with van der Waals surface area (Å²) in [5, 5.41) is 53.9. The highest BCUT2D eigenvalue weighted by Gasteiger charge is 2.71. The highest BCUT2D eigenvalue weighted by molar-refractivity contribution is 5.76. The fraction of sp³-hybridized carbons (Fsp3) is 0.900. The van der Waals surface area contributed by atoms with Crippen LogP contribution in [0.1, 0.15) is 92.4 Å². The van der Waals surface area contributed by atoms with E-state index < -0.39 is 34.4 Å². The zero-order valence-electron chi connectivity index (χ0n) is 22.9. The molecule has 0 amide bonds. The van der Waals surface area contributed by atoms with E-state index in [9.17, 15) is 30.3 Å². The van der Waals surface area contributed by atoms with Crippen molar-refractivity contribution in [3.63, 3.8) is 0 Å². The summed E-state index contributed by atoms with van der Waals surface area (Å²) in [5.41, 5.74) is -1.06. The highest BCUT2D eigenvalue weighted by atomic mass is 16.4. The van der Waals surface area contributed by atoms with Gasteiger partial charge in [-0.2, -0.15) is 0 Å². The first kappa shape index (κ1) is 26.6. The van der Waals surface area contributed by atoms with Crippen molar-refractivity contribution in [2.75, 3.05) is 13.2 Å². The monoisotopic (exact) mass is 504 g/mol. The lowest BCUT2D eigenvalue weighted by atomic mass is 9.33. The van der Waals surface area contributed by atoms with Gasteiger partial charge in [-0.05, 0) is 91.8 Å². The van der Waals surface area contributed by atoms with Gasteiger partial charge >= 0.3 is 5.97 Å². The Bertz CT molecular complexity index is 959. The van der Waals surface area contributed by atoms with Crippen LogP contribution in [0.25, 0.3) is 0 Å². The molecule has 5 rings (SSSR count). The molecule has 6 heteroatoms. The van der Waals surface area contributed by atoms with Crippen molar-refractivity contribution in [1.29, 1.82) is 0 Å². The lowest BCUT2D eigenvalue weighted by Gasteiger charge is -2.71. The summed E-state index contributed by atoms with van der Waals surface area (Å²) >= 11 is 0. The van der Waals surface area contributed by atoms with E-state index >= 15 is 0 Å². The van der Waals surface area contributed by atoms with Crippen LogP contribution in [-0.4, -0.2) is 56.9 Å². The van der Waals surface area contributed by atoms with Crippen LogP contribution in [0.3, 0.4) is 0 Å². The smallest absolute Gasteiger partial charge is 0.310 e. The van der Waals surface area contributed by atoms with Gasteiger partial charge in [0.2, 0.25) is 0 Å². The number of hydrogen-bond acceptors (Lipinski definition) is 5. The predicted octanol–water partition coefficient (Wildman–Crippen LogP) is 4.15. The molecule has 0 aliphatic heterocycles. The minimum absolute atomic E-state index is 0.0274. The molecule has 0 aromatic heterocycles. The number of carboxylic acid groups (broad SMARTS) is 1. The van der Waals surface area contributed by atoms with Crippen LogP contribution < -0.4 is 0 Å². The molecule has 0 saturated heterocycles. The maximum atomic E-state index is 12.8. The SMILES string of the molecule is CC1(C)CC[C@]2(C(=O)O)CC[C@]3(C)C(=CC[C@@H]4[C@@]5(CO)C[C@@H](O)[C@H](O)[C@](C)(CO)[C@@H]5CC[C@]43C)[C@@H]2C1. The zero-order valence-corrected chi connectivity index (χ0v) is 22.9. The van der Waals surface area contributed by atoms with Crippen molar-refractivity contribution in [3.05, 3.63) is 11.6 Å². The van der Waals surface area contributed by atoms with E-state index in [1.54, 1.807) is 0 Å². The molecule has 204 valence electrons. The van der Waals surface area contributed by atoms with Gasteiger partial charge in [0.15, 0.2) is 0 Å². The van der Waals surface area contributed by atoms with Crippen molar-refractivity contribution >= 4 is 5.97 Å². The number of allylic oxidation sites excluding steroid dienone is 2. The van der Waals surface area contributed by atoms with E-state index in [0.29, 0.717) is 12.8 Å². The van der Waals surface area contributed by atoms with Gasteiger partial charge in [0, 0.05) is 17.4 Å². The molecule has 4 fully saturated rings. The second kappa shape index (κ2) is 8.03. The van der Waals surface area contributed by atoms with Gasteiger partial charge in [0.25, 0.3) is 0 Å². The molecule has 6 nitrogen and oxygen atoms in total. The van der Waals surface area contributed by atoms with Crippen LogP contribution in [-0.2, 0) is 4.79 Å². The summed E-state index contributed by atoms with van der Waals surface area (Å²) < 4.78 is 0. The quantitative estimate of drug-likeness (QED) is 0.369. The minimum Gasteiger partial charge on any atom is -0.481 e. The first-order valence-corrected chi connectivity index (χ1v) is 14.2. The van der Waals surface area contributed by atoms with Crippen LogP contribution in [0.2, 0.25) is 0 Å². The maximum Gasteiger partial charge on any atom is 0.310 e. The molecule has 0 radical (unpaired) electrons. The average Bonchev–Trinajstić information content (AvgIpc) is 2.82. The lowest BCUT2D eigenvalue weighted by molar-refractivity contribution is -0.258. The van der Waals surface area contributed by atoms with Crippen LogP contribution >= 0.6 is 0 Å². The van der Waals surface area contributed by atoms with E-state index in [1.807, 2.05) is 6.92 Å². The molecule has 0 bridgehead atoms. The Kier molecular flexibility index (Phi) is 5.95. The zero-order chi connectivity index (χ0) is 26.5. The van der Waals surface area contributed by atoms with Crippen LogP contribution in [0, 0.1) is 50.2 Å². The van der Waals surface area contributed by atoms with Gasteiger partial charge in [-0.25, -0.2) is 0 Å². The van der Waals surface area contributed by atoms with Crippen molar-refractivity contribution in [1.82, 2.24) is 0 Å². The number of carbonyl (C=O) groups is 1. The summed E-state index contributed by atoms with van der Waals surface area (Å²) in [7, 11) is 0. The van der Waals surface area contributed by atoms with Crippen LogP contribution in [0.4, 0.5) is 0 Å². The van der Waals surface area contributed by atoms with Gasteiger partial charge in [-0.3, -0.25) is 4.79 Å². The van der Waals surface area contributed by atoms with Gasteiger partial charge in [0.1, 0.15) is 0 Å². The Labute approximate surface area is 216 Å². The first-order valence-electron chi connectivity index (χ1n) is 14.2. The minimum atomic E-state index is -1.02. The van der Waals surface area contributed by atoms with Crippen molar-refractivity contribution in [3.8, 4) is 0 Å². The number of carboxylic acids is 1. The van der Waals surface area contributed by atoms with Gasteiger partial charge < -0.3 is 25.5 Å². The van der Waals surface area contributed by atoms with Gasteiger partial charge in [0.05, 0.1) is 24.2 Å². The topological polar surface area (TPSA) is 118 Å². The van der Waals surface area contributed by atoms with E-state index in [4.69, 9.17) is 0 Å². The van der Waals surface area contributed by atoms with Gasteiger partial charge in [-0.1, -0.05) is 46.3 Å². The Morgan fingerprint density at radius 2 is 1.58 bits per heavy atom. The molecule has 5 aliphatic rings. The number of aliphatic hydroxyl groups is 4. The van der Waals surface area contributed by atoms with E-state index in [2.05, 4.69) is 33.8 Å². The number of rotatable bonds is 3. The summed E-state index contributed by atoms with van der Waals surface area (Å²) in [6, 6.07) is 0. The fourth-order valence-corrected chi connectivity index (χ4v) is 10.7. The molecule has 36 heavy (non-hydrogen) atoms. The van der Waals surface area contributed by atoms with E-state index in [-0.39, 0.29) is 47.2 Å². The molecule has 5 aliphatic carbocycles. The largest absolute Gasteiger partial charge is 0.481 e. The third-order valence-electron chi connectivity index (χ3n) is 13.2. The third-order valence-corrected chi connectivity index (χ3v) is 13.2. The summed E-state index contributed by atoms with van der Waals surface area (Å²) in [5.74, 6) is -0.619. The molecule has 0 unspecified atom stereocenters. The molecule has 0 aromatic rings. The second-order valence-electron chi connectivity index (χ2n) is 14.9. The molecule has 10 atom stereocenters. The van der Waals surface area contributed by atoms with Crippen molar-refractivity contribution in [2.24, 2.45) is 50.2 Å². The third kappa shape index (κ3) is 3.08. The molecule has 5 N–H and O–H groups in total. The van der Waals surface area contributed by atoms with Crippen molar-refractivity contribution < 1.29 is 30.3 Å². The highest BCUT2D eigenvalue weighted by Crippen LogP contribution is 2.75. The van der Waals surface area contributed by atoms with Gasteiger partial charge in [-0.15, -0.1) is 0 Å². The summed E-state index contributed by atoms with van der Waals surface area (Å²) in [6.45, 7) is 10.8. The molecular weight excluding hydrogens is 456 g/mol. The molecule has 0 heterocycles. The molecule has 4 saturated carbocycles. The lowest BCUT2D eigenvalue weighted by Crippen LogP contribution is -2.69. The van der Waals surface area contributed by atoms with Crippen molar-refractivity contribution in [2.45, 2.75) is 105 Å². The standard InChI is InChI=1S/C30H48O6/c1-25(2)10-12-29(24(35)36)13-11-27(4)18(19(29)14-25)6-7-22-28(27,5)9-8-21-26(3,16-31)23(34)20(33)15-30(21,22)17-32/h6,19-23,31-34H,7-17H2,1-5H3,(H,35,36)/t19-,20+,21-,22-,23-,26+,27+,28+,29-,30+/m0/s1. The predicted molar refractivity (Wildman–Crippen MR) is 137 cm³/mol. The second-order valence-corrected chi connectivity index (χ2v) is 14.9. The Morgan fingerprint density at radius 1 is 0.917 bits per heavy atom. The van der Waals surface area contributed by atoms with E-state index in [0.717, 1.165) is 44.9 Å². The Hall–Kier alpha value is -0.950. The Balaban J connectivity index is 1.63. The number of hydrogen-bond donors (Lipinski definition) is 5. The molecular formula is C30H48O6. The number of aliphatic carboxylic acids is 1.